The summed E-state index contributed by atoms with van der Waals surface area (Å²) >= 11 is 0. The number of unbranched alkanes of at least 4 members (excludes halogenated alkanes) is 8. The van der Waals surface area contributed by atoms with Crippen LogP contribution in [0.2, 0.25) is 0 Å². The molecule has 0 radical (unpaired) electrons. The number of carboxylic acids is 1. The largest absolute Gasteiger partial charge is 0.481 e. The first-order valence-electron chi connectivity index (χ1n) is 11.7. The zero-order chi connectivity index (χ0) is 21.2. The maximum Gasteiger partial charge on any atom is 0.303 e. The van der Waals surface area contributed by atoms with Crippen LogP contribution in [-0.2, 0) is 16.1 Å². The molecule has 0 amide bonds. The van der Waals surface area contributed by atoms with Gasteiger partial charge in [-0.15, -0.1) is 0 Å². The van der Waals surface area contributed by atoms with Crippen LogP contribution >= 0.6 is 0 Å². The van der Waals surface area contributed by atoms with Crippen molar-refractivity contribution in [3.05, 3.63) is 35.9 Å². The molecule has 29 heavy (non-hydrogen) atoms. The van der Waals surface area contributed by atoms with E-state index >= 15 is 0 Å². The Labute approximate surface area is 177 Å². The first-order chi connectivity index (χ1) is 14.1. The molecule has 0 saturated carbocycles. The molecule has 0 aliphatic carbocycles. The molecule has 0 spiro atoms. The summed E-state index contributed by atoms with van der Waals surface area (Å²) in [5.41, 5.74) is 1.25. The highest BCUT2D eigenvalue weighted by Gasteiger charge is 2.07. The van der Waals surface area contributed by atoms with Crippen LogP contribution in [0.15, 0.2) is 30.3 Å². The second-order valence-electron chi connectivity index (χ2n) is 8.17. The molecule has 0 aliphatic rings. The van der Waals surface area contributed by atoms with Crippen LogP contribution in [-0.4, -0.2) is 28.4 Å². The van der Waals surface area contributed by atoms with Crippen molar-refractivity contribution in [2.24, 2.45) is 0 Å². The lowest BCUT2D eigenvalue weighted by molar-refractivity contribution is -0.137. The molecule has 1 rings (SSSR count). The van der Waals surface area contributed by atoms with E-state index in [1.165, 1.54) is 50.5 Å². The third-order valence-corrected chi connectivity index (χ3v) is 5.54. The predicted octanol–water partition coefficient (Wildman–Crippen LogP) is 6.50. The summed E-state index contributed by atoms with van der Waals surface area (Å²) in [4.78, 5) is 10.5. The van der Waals surface area contributed by atoms with E-state index in [9.17, 15) is 9.90 Å². The van der Waals surface area contributed by atoms with E-state index in [0.29, 0.717) is 12.5 Å². The van der Waals surface area contributed by atoms with Gasteiger partial charge in [0.25, 0.3) is 0 Å². The maximum absolute atomic E-state index is 10.5. The van der Waals surface area contributed by atoms with Gasteiger partial charge in [-0.2, -0.15) is 0 Å². The number of rotatable bonds is 19. The van der Waals surface area contributed by atoms with Crippen molar-refractivity contribution in [3.8, 4) is 0 Å². The zero-order valence-electron chi connectivity index (χ0n) is 18.4. The lowest BCUT2D eigenvalue weighted by Crippen LogP contribution is -2.11. The number of carboxylic acid groups (broad SMARTS) is 1. The van der Waals surface area contributed by atoms with Crippen molar-refractivity contribution < 1.29 is 19.7 Å². The van der Waals surface area contributed by atoms with Crippen molar-refractivity contribution in [1.82, 2.24) is 0 Å². The van der Waals surface area contributed by atoms with Gasteiger partial charge >= 0.3 is 5.97 Å². The molecule has 2 N–H and O–H groups in total. The first-order valence-corrected chi connectivity index (χ1v) is 11.7. The van der Waals surface area contributed by atoms with Crippen molar-refractivity contribution in [2.45, 2.75) is 116 Å². The summed E-state index contributed by atoms with van der Waals surface area (Å²) in [5, 5.41) is 18.3. The Morgan fingerprint density at radius 3 is 1.97 bits per heavy atom. The summed E-state index contributed by atoms with van der Waals surface area (Å²) in [6.45, 7) is 2.93. The molecule has 2 unspecified atom stereocenters. The highest BCUT2D eigenvalue weighted by atomic mass is 16.5. The SMILES string of the molecule is CCC(CCCCCCCCCCCC(O)CCC(=O)O)OCc1ccccc1. The molecule has 0 aliphatic heterocycles. The van der Waals surface area contributed by atoms with Crippen molar-refractivity contribution in [1.29, 1.82) is 0 Å². The second-order valence-corrected chi connectivity index (χ2v) is 8.17. The van der Waals surface area contributed by atoms with Crippen molar-refractivity contribution in [3.63, 3.8) is 0 Å². The first kappa shape index (κ1) is 25.6. The lowest BCUT2D eigenvalue weighted by Gasteiger charge is -2.16. The topological polar surface area (TPSA) is 66.8 Å². The quantitative estimate of drug-likeness (QED) is 0.257. The summed E-state index contributed by atoms with van der Waals surface area (Å²) in [6, 6.07) is 10.4. The average Bonchev–Trinajstić information content (AvgIpc) is 2.73. The van der Waals surface area contributed by atoms with Crippen LogP contribution in [0.5, 0.6) is 0 Å². The number of hydrogen-bond acceptors (Lipinski definition) is 3. The van der Waals surface area contributed by atoms with Gasteiger partial charge in [0.1, 0.15) is 0 Å². The highest BCUT2D eigenvalue weighted by Crippen LogP contribution is 2.16. The Morgan fingerprint density at radius 2 is 1.41 bits per heavy atom. The van der Waals surface area contributed by atoms with Gasteiger partial charge in [0.05, 0.1) is 18.8 Å². The number of hydrogen-bond donors (Lipinski definition) is 2. The molecule has 4 nitrogen and oxygen atoms in total. The summed E-state index contributed by atoms with van der Waals surface area (Å²) < 4.78 is 6.06. The molecule has 1 aromatic rings. The molecule has 0 saturated heterocycles. The van der Waals surface area contributed by atoms with Gasteiger partial charge in [0.2, 0.25) is 0 Å². The van der Waals surface area contributed by atoms with E-state index in [0.717, 1.165) is 38.7 Å². The Kier molecular flexibility index (Phi) is 15.4. The van der Waals surface area contributed by atoms with Crippen LogP contribution < -0.4 is 0 Å². The minimum absolute atomic E-state index is 0.0688. The number of aliphatic hydroxyl groups excluding tert-OH is 1. The van der Waals surface area contributed by atoms with E-state index < -0.39 is 12.1 Å². The second kappa shape index (κ2) is 17.5. The smallest absolute Gasteiger partial charge is 0.303 e. The van der Waals surface area contributed by atoms with E-state index in [4.69, 9.17) is 9.84 Å². The molecular weight excluding hydrogens is 364 g/mol. The number of carbonyl (C=O) groups is 1. The summed E-state index contributed by atoms with van der Waals surface area (Å²) in [5.74, 6) is -0.825. The van der Waals surface area contributed by atoms with E-state index in [1.807, 2.05) is 6.07 Å². The van der Waals surface area contributed by atoms with Gasteiger partial charge in [0, 0.05) is 6.42 Å². The zero-order valence-corrected chi connectivity index (χ0v) is 18.4. The molecule has 4 heteroatoms. The van der Waals surface area contributed by atoms with Gasteiger partial charge in [-0.1, -0.05) is 95.0 Å². The normalized spacial score (nSPS) is 13.3. The van der Waals surface area contributed by atoms with E-state index in [2.05, 4.69) is 31.2 Å². The standard InChI is InChI=1S/C25H42O4/c1-2-24(29-21-22-15-11-10-12-16-22)18-14-9-7-5-3-4-6-8-13-17-23(26)19-20-25(27)28/h10-12,15-16,23-24,26H,2-9,13-14,17-21H2,1H3,(H,27,28). The Balaban J connectivity index is 1.88. The molecule has 2 atom stereocenters. The third kappa shape index (κ3) is 15.2. The number of aliphatic hydroxyl groups is 1. The van der Waals surface area contributed by atoms with Crippen molar-refractivity contribution in [2.75, 3.05) is 0 Å². The van der Waals surface area contributed by atoms with Gasteiger partial charge in [-0.05, 0) is 31.2 Å². The Morgan fingerprint density at radius 1 is 0.862 bits per heavy atom. The molecule has 0 bridgehead atoms. The molecule has 166 valence electrons. The predicted molar refractivity (Wildman–Crippen MR) is 119 cm³/mol. The van der Waals surface area contributed by atoms with Crippen LogP contribution in [0.4, 0.5) is 0 Å². The maximum atomic E-state index is 10.5. The van der Waals surface area contributed by atoms with Crippen LogP contribution in [0, 0.1) is 0 Å². The fourth-order valence-electron chi connectivity index (χ4n) is 3.62. The number of benzene rings is 1. The van der Waals surface area contributed by atoms with Gasteiger partial charge in [-0.25, -0.2) is 0 Å². The van der Waals surface area contributed by atoms with Gasteiger partial charge in [-0.3, -0.25) is 4.79 Å². The van der Waals surface area contributed by atoms with Gasteiger partial charge < -0.3 is 14.9 Å². The molecule has 1 aromatic carbocycles. The molecule has 0 aromatic heterocycles. The lowest BCUT2D eigenvalue weighted by atomic mass is 10.0. The fraction of sp³-hybridized carbons (Fsp3) is 0.720. The summed E-state index contributed by atoms with van der Waals surface area (Å²) in [7, 11) is 0. The number of ether oxygens (including phenoxy) is 1. The van der Waals surface area contributed by atoms with E-state index in [-0.39, 0.29) is 6.42 Å². The summed E-state index contributed by atoms with van der Waals surface area (Å²) in [6.07, 6.45) is 14.4. The van der Waals surface area contributed by atoms with Crippen molar-refractivity contribution >= 4 is 5.97 Å². The molecule has 0 heterocycles. The van der Waals surface area contributed by atoms with Crippen LogP contribution in [0.25, 0.3) is 0 Å². The Bertz CT molecular complexity index is 503. The van der Waals surface area contributed by atoms with Gasteiger partial charge in [0.15, 0.2) is 0 Å². The van der Waals surface area contributed by atoms with E-state index in [1.54, 1.807) is 0 Å². The highest BCUT2D eigenvalue weighted by molar-refractivity contribution is 5.66. The minimum Gasteiger partial charge on any atom is -0.481 e. The molecular formula is C25H42O4. The third-order valence-electron chi connectivity index (χ3n) is 5.54. The molecule has 0 fully saturated rings. The van der Waals surface area contributed by atoms with Crippen LogP contribution in [0.1, 0.15) is 102 Å². The monoisotopic (exact) mass is 406 g/mol. The van der Waals surface area contributed by atoms with Crippen LogP contribution in [0.3, 0.4) is 0 Å². The minimum atomic E-state index is -0.825. The fourth-order valence-corrected chi connectivity index (χ4v) is 3.62. The number of aliphatic carboxylic acids is 1. The average molecular weight is 407 g/mol. The Hall–Kier alpha value is -1.39.